The van der Waals surface area contributed by atoms with E-state index < -0.39 is 17.1 Å². The molecule has 0 heterocycles. The monoisotopic (exact) mass is 627 g/mol. The fourth-order valence-corrected chi connectivity index (χ4v) is 5.65. The summed E-state index contributed by atoms with van der Waals surface area (Å²) < 4.78 is 5.31. The molecule has 46 heavy (non-hydrogen) atoms. The molecule has 0 aliphatic carbocycles. The number of amides is 3. The third-order valence-corrected chi connectivity index (χ3v) is 8.19. The smallest absolute Gasteiger partial charge is 0.272 e. The number of anilines is 2. The number of methoxy groups -OCH3 is 1. The summed E-state index contributed by atoms with van der Waals surface area (Å²) in [4.78, 5) is 40.8. The number of carbonyl (C=O) groups is 3. The lowest BCUT2D eigenvalue weighted by molar-refractivity contribution is -0.116. The number of carbonyl (C=O) groups excluding carboxylic acids is 3. The van der Waals surface area contributed by atoms with E-state index in [9.17, 15) is 14.4 Å². The van der Waals surface area contributed by atoms with Crippen LogP contribution in [0.5, 0.6) is 5.75 Å². The Labute approximate surface area is 272 Å². The van der Waals surface area contributed by atoms with Gasteiger partial charge in [0, 0.05) is 21.8 Å². The van der Waals surface area contributed by atoms with Gasteiger partial charge in [0.2, 0.25) is 5.91 Å². The Morgan fingerprint density at radius 3 is 2.11 bits per heavy atom. The van der Waals surface area contributed by atoms with Gasteiger partial charge in [-0.2, -0.15) is 0 Å². The van der Waals surface area contributed by atoms with Gasteiger partial charge in [0.15, 0.2) is 0 Å². The number of aryl methyl sites for hydroxylation is 1. The number of hydrogen-bond acceptors (Lipinski definition) is 5. The average Bonchev–Trinajstić information content (AvgIpc) is 3.08. The molecule has 5 aromatic carbocycles. The Balaban J connectivity index is 1.33. The van der Waals surface area contributed by atoms with Crippen LogP contribution in [0, 0.1) is 6.92 Å². The highest BCUT2D eigenvalue weighted by atomic mass is 32.2. The van der Waals surface area contributed by atoms with Gasteiger partial charge < -0.3 is 20.7 Å². The molecule has 0 radical (unpaired) electrons. The van der Waals surface area contributed by atoms with E-state index in [0.29, 0.717) is 22.6 Å². The third kappa shape index (κ3) is 8.74. The van der Waals surface area contributed by atoms with Crippen molar-refractivity contribution in [2.45, 2.75) is 17.1 Å². The topological polar surface area (TPSA) is 96.5 Å². The highest BCUT2D eigenvalue weighted by molar-refractivity contribution is 8.00. The molecule has 0 bridgehead atoms. The lowest BCUT2D eigenvalue weighted by Gasteiger charge is -2.18. The Morgan fingerprint density at radius 2 is 1.41 bits per heavy atom. The lowest BCUT2D eigenvalue weighted by atomic mass is 10.1. The molecule has 7 nitrogen and oxygen atoms in total. The van der Waals surface area contributed by atoms with Crippen LogP contribution in [0.4, 0.5) is 11.4 Å². The van der Waals surface area contributed by atoms with Gasteiger partial charge in [-0.25, -0.2) is 0 Å². The fraction of sp³-hybridized carbons (Fsp3) is 0.0789. The molecule has 0 spiro atoms. The maximum absolute atomic E-state index is 13.5. The SMILES string of the molecule is COc1cccc(/C=C(\NC(=O)c2ccccc2)C(=O)Nc2ccc(SC(C(=O)Nc3cccc(C)c3)c3ccccc3)cc2)c1. The molecule has 5 aromatic rings. The Bertz CT molecular complexity index is 1840. The molecule has 8 heteroatoms. The van der Waals surface area contributed by atoms with Crippen molar-refractivity contribution >= 4 is 46.9 Å². The third-order valence-electron chi connectivity index (χ3n) is 6.93. The van der Waals surface area contributed by atoms with Crippen LogP contribution in [0.25, 0.3) is 6.08 Å². The maximum atomic E-state index is 13.5. The van der Waals surface area contributed by atoms with Crippen LogP contribution in [0.15, 0.2) is 144 Å². The summed E-state index contributed by atoms with van der Waals surface area (Å²) in [6.45, 7) is 1.98. The quantitative estimate of drug-likeness (QED) is 0.102. The number of thioether (sulfide) groups is 1. The van der Waals surface area contributed by atoms with Crippen LogP contribution in [-0.4, -0.2) is 24.8 Å². The lowest BCUT2D eigenvalue weighted by Crippen LogP contribution is -2.30. The molecule has 1 unspecified atom stereocenters. The van der Waals surface area contributed by atoms with Crippen LogP contribution < -0.4 is 20.7 Å². The normalized spacial score (nSPS) is 11.7. The minimum absolute atomic E-state index is 0.0671. The molecule has 0 aliphatic rings. The Morgan fingerprint density at radius 1 is 0.717 bits per heavy atom. The first kappa shape index (κ1) is 31.8. The van der Waals surface area contributed by atoms with Crippen molar-refractivity contribution in [2.24, 2.45) is 0 Å². The second-order valence-corrected chi connectivity index (χ2v) is 11.6. The van der Waals surface area contributed by atoms with Crippen LogP contribution in [-0.2, 0) is 9.59 Å². The van der Waals surface area contributed by atoms with E-state index >= 15 is 0 Å². The summed E-state index contributed by atoms with van der Waals surface area (Å²) >= 11 is 1.41. The van der Waals surface area contributed by atoms with Gasteiger partial charge in [-0.15, -0.1) is 11.8 Å². The Kier molecular flexibility index (Phi) is 10.7. The Hall–Kier alpha value is -5.60. The summed E-state index contributed by atoms with van der Waals surface area (Å²) in [7, 11) is 1.56. The minimum atomic E-state index is -0.507. The van der Waals surface area contributed by atoms with Gasteiger partial charge in [0.05, 0.1) is 7.11 Å². The van der Waals surface area contributed by atoms with Crippen molar-refractivity contribution in [1.82, 2.24) is 5.32 Å². The molecule has 0 saturated heterocycles. The van der Waals surface area contributed by atoms with Crippen LogP contribution in [0.1, 0.15) is 32.3 Å². The molecule has 1 atom stereocenters. The van der Waals surface area contributed by atoms with Crippen molar-refractivity contribution in [3.63, 3.8) is 0 Å². The largest absolute Gasteiger partial charge is 0.497 e. The number of nitrogens with one attached hydrogen (secondary N) is 3. The van der Waals surface area contributed by atoms with E-state index in [1.54, 1.807) is 67.8 Å². The number of ether oxygens (including phenoxy) is 1. The molecule has 0 saturated carbocycles. The predicted molar refractivity (Wildman–Crippen MR) is 185 cm³/mol. The zero-order chi connectivity index (χ0) is 32.3. The van der Waals surface area contributed by atoms with Gasteiger partial charge >= 0.3 is 0 Å². The second-order valence-electron chi connectivity index (χ2n) is 10.4. The molecule has 0 aliphatic heterocycles. The van der Waals surface area contributed by atoms with Crippen LogP contribution in [0.3, 0.4) is 0 Å². The fourth-order valence-electron chi connectivity index (χ4n) is 4.62. The van der Waals surface area contributed by atoms with E-state index in [2.05, 4.69) is 16.0 Å². The predicted octanol–water partition coefficient (Wildman–Crippen LogP) is 7.89. The second kappa shape index (κ2) is 15.4. The maximum Gasteiger partial charge on any atom is 0.272 e. The molecule has 3 N–H and O–H groups in total. The van der Waals surface area contributed by atoms with Gasteiger partial charge in [-0.05, 0) is 90.4 Å². The molecular weight excluding hydrogens is 595 g/mol. The first-order chi connectivity index (χ1) is 22.4. The minimum Gasteiger partial charge on any atom is -0.497 e. The number of hydrogen-bond donors (Lipinski definition) is 3. The first-order valence-electron chi connectivity index (χ1n) is 14.6. The number of benzene rings is 5. The van der Waals surface area contributed by atoms with E-state index in [-0.39, 0.29) is 11.6 Å². The van der Waals surface area contributed by atoms with Crippen LogP contribution >= 0.6 is 11.8 Å². The van der Waals surface area contributed by atoms with Gasteiger partial charge in [0.1, 0.15) is 16.7 Å². The van der Waals surface area contributed by atoms with Gasteiger partial charge in [-0.1, -0.05) is 72.8 Å². The standard InChI is InChI=1S/C38H33N3O4S/c1-26-11-9-17-31(23-26)40-38(44)35(28-13-5-3-6-14-28)46-33-21-19-30(20-22-33)39-37(43)34(25-27-12-10-18-32(24-27)45-2)41-36(42)29-15-7-4-8-16-29/h3-25,35H,1-2H3,(H,39,43)(H,40,44)(H,41,42)/b34-25-. The summed E-state index contributed by atoms with van der Waals surface area (Å²) in [5, 5.41) is 8.16. The van der Waals surface area contributed by atoms with E-state index in [1.165, 1.54) is 11.8 Å². The summed E-state index contributed by atoms with van der Waals surface area (Å²) in [6.07, 6.45) is 1.60. The van der Waals surface area contributed by atoms with E-state index in [4.69, 9.17) is 4.74 Å². The molecule has 230 valence electrons. The average molecular weight is 628 g/mol. The van der Waals surface area contributed by atoms with Crippen molar-refractivity contribution in [1.29, 1.82) is 0 Å². The highest BCUT2D eigenvalue weighted by Gasteiger charge is 2.22. The zero-order valence-corrected chi connectivity index (χ0v) is 26.2. The van der Waals surface area contributed by atoms with E-state index in [1.807, 2.05) is 85.8 Å². The van der Waals surface area contributed by atoms with Crippen molar-refractivity contribution in [2.75, 3.05) is 17.7 Å². The summed E-state index contributed by atoms with van der Waals surface area (Å²) in [5.41, 5.74) is 4.37. The molecule has 3 amide bonds. The molecular formula is C38H33N3O4S. The van der Waals surface area contributed by atoms with Crippen molar-refractivity contribution in [3.05, 3.63) is 161 Å². The van der Waals surface area contributed by atoms with Gasteiger partial charge in [0.25, 0.3) is 11.8 Å². The number of rotatable bonds is 11. The molecule has 0 aromatic heterocycles. The molecule has 5 rings (SSSR count). The first-order valence-corrected chi connectivity index (χ1v) is 15.5. The zero-order valence-electron chi connectivity index (χ0n) is 25.4. The van der Waals surface area contributed by atoms with Crippen LogP contribution in [0.2, 0.25) is 0 Å². The van der Waals surface area contributed by atoms with E-state index in [0.717, 1.165) is 21.7 Å². The summed E-state index contributed by atoms with van der Waals surface area (Å²) in [5.74, 6) is -0.419. The summed E-state index contributed by atoms with van der Waals surface area (Å²) in [6, 6.07) is 40.4. The van der Waals surface area contributed by atoms with Gasteiger partial charge in [-0.3, -0.25) is 14.4 Å². The van der Waals surface area contributed by atoms with Crippen molar-refractivity contribution < 1.29 is 19.1 Å². The highest BCUT2D eigenvalue weighted by Crippen LogP contribution is 2.37. The molecule has 0 fully saturated rings. The van der Waals surface area contributed by atoms with Crippen molar-refractivity contribution in [3.8, 4) is 5.75 Å².